The highest BCUT2D eigenvalue weighted by molar-refractivity contribution is 5.94. The summed E-state index contributed by atoms with van der Waals surface area (Å²) in [5.41, 5.74) is 3.40. The number of piperidine rings is 1. The van der Waals surface area contributed by atoms with Gasteiger partial charge in [0.05, 0.1) is 11.6 Å². The molecule has 0 saturated carbocycles. The van der Waals surface area contributed by atoms with E-state index in [2.05, 4.69) is 23.2 Å². The quantitative estimate of drug-likeness (QED) is 0.838. The standard InChI is InChI=1S/C23H27N3O/c1-18(26-15-3-2-4-16-26)13-14-25-23(27)22-11-9-21(10-12-22)20-7-5-19(17-24)6-8-20/h5-12,18H,2-4,13-16H2,1H3,(H,25,27). The number of nitriles is 1. The van der Waals surface area contributed by atoms with Crippen LogP contribution in [0.2, 0.25) is 0 Å². The minimum atomic E-state index is -0.0211. The molecular weight excluding hydrogens is 334 g/mol. The molecule has 1 fully saturated rings. The van der Waals surface area contributed by atoms with Crippen LogP contribution in [0.15, 0.2) is 48.5 Å². The van der Waals surface area contributed by atoms with Crippen molar-refractivity contribution in [1.29, 1.82) is 5.26 Å². The van der Waals surface area contributed by atoms with E-state index in [1.807, 2.05) is 36.4 Å². The van der Waals surface area contributed by atoms with Crippen LogP contribution in [-0.2, 0) is 0 Å². The van der Waals surface area contributed by atoms with E-state index in [0.717, 1.165) is 17.5 Å². The van der Waals surface area contributed by atoms with Crippen molar-refractivity contribution in [3.63, 3.8) is 0 Å². The van der Waals surface area contributed by atoms with Gasteiger partial charge in [-0.2, -0.15) is 5.26 Å². The predicted octanol–water partition coefficient (Wildman–Crippen LogP) is 4.22. The normalized spacial score (nSPS) is 15.7. The third-order valence-corrected chi connectivity index (χ3v) is 5.36. The Morgan fingerprint density at radius 2 is 1.63 bits per heavy atom. The third-order valence-electron chi connectivity index (χ3n) is 5.36. The zero-order chi connectivity index (χ0) is 19.1. The molecular formula is C23H27N3O. The van der Waals surface area contributed by atoms with Gasteiger partial charge in [-0.1, -0.05) is 30.7 Å². The van der Waals surface area contributed by atoms with Crippen LogP contribution in [0.1, 0.15) is 48.5 Å². The molecule has 0 radical (unpaired) electrons. The van der Waals surface area contributed by atoms with Crippen LogP contribution >= 0.6 is 0 Å². The van der Waals surface area contributed by atoms with E-state index in [1.54, 1.807) is 12.1 Å². The zero-order valence-electron chi connectivity index (χ0n) is 15.9. The van der Waals surface area contributed by atoms with Gasteiger partial charge in [0.25, 0.3) is 5.91 Å². The maximum atomic E-state index is 12.4. The van der Waals surface area contributed by atoms with Gasteiger partial charge in [-0.25, -0.2) is 0 Å². The molecule has 1 N–H and O–H groups in total. The number of carbonyl (C=O) groups excluding carboxylic acids is 1. The van der Waals surface area contributed by atoms with E-state index in [1.165, 1.54) is 32.4 Å². The van der Waals surface area contributed by atoms with Gasteiger partial charge in [-0.3, -0.25) is 4.79 Å². The zero-order valence-corrected chi connectivity index (χ0v) is 15.9. The summed E-state index contributed by atoms with van der Waals surface area (Å²) in [6.45, 7) is 5.33. The molecule has 2 aromatic carbocycles. The average Bonchev–Trinajstić information content (AvgIpc) is 2.74. The second-order valence-corrected chi connectivity index (χ2v) is 7.26. The van der Waals surface area contributed by atoms with E-state index in [4.69, 9.17) is 5.26 Å². The van der Waals surface area contributed by atoms with E-state index in [0.29, 0.717) is 23.7 Å². The lowest BCUT2D eigenvalue weighted by Gasteiger charge is -2.32. The Bertz CT molecular complexity index is 784. The average molecular weight is 361 g/mol. The van der Waals surface area contributed by atoms with Crippen molar-refractivity contribution in [1.82, 2.24) is 10.2 Å². The Morgan fingerprint density at radius 3 is 2.22 bits per heavy atom. The summed E-state index contributed by atoms with van der Waals surface area (Å²) >= 11 is 0. The van der Waals surface area contributed by atoms with Crippen LogP contribution in [0.5, 0.6) is 0 Å². The molecule has 1 saturated heterocycles. The molecule has 1 atom stereocenters. The number of carbonyl (C=O) groups is 1. The second kappa shape index (κ2) is 9.34. The molecule has 0 aliphatic carbocycles. The number of hydrogen-bond donors (Lipinski definition) is 1. The molecule has 1 heterocycles. The molecule has 140 valence electrons. The molecule has 1 aliphatic heterocycles. The Morgan fingerprint density at radius 1 is 1.04 bits per heavy atom. The first-order valence-electron chi connectivity index (χ1n) is 9.80. The fraction of sp³-hybridized carbons (Fsp3) is 0.391. The van der Waals surface area contributed by atoms with Crippen LogP contribution in [0.25, 0.3) is 11.1 Å². The summed E-state index contributed by atoms with van der Waals surface area (Å²) in [5.74, 6) is -0.0211. The smallest absolute Gasteiger partial charge is 0.251 e. The fourth-order valence-corrected chi connectivity index (χ4v) is 3.59. The van der Waals surface area contributed by atoms with Gasteiger partial charge in [0.1, 0.15) is 0 Å². The highest BCUT2D eigenvalue weighted by Gasteiger charge is 2.16. The van der Waals surface area contributed by atoms with E-state index < -0.39 is 0 Å². The van der Waals surface area contributed by atoms with Crippen molar-refractivity contribution in [3.05, 3.63) is 59.7 Å². The molecule has 1 unspecified atom stereocenters. The predicted molar refractivity (Wildman–Crippen MR) is 108 cm³/mol. The summed E-state index contributed by atoms with van der Waals surface area (Å²) < 4.78 is 0. The van der Waals surface area contributed by atoms with Gasteiger partial charge in [0.2, 0.25) is 0 Å². The fourth-order valence-electron chi connectivity index (χ4n) is 3.59. The lowest BCUT2D eigenvalue weighted by molar-refractivity contribution is 0.0946. The second-order valence-electron chi connectivity index (χ2n) is 7.26. The third kappa shape index (κ3) is 5.18. The lowest BCUT2D eigenvalue weighted by Crippen LogP contribution is -2.39. The summed E-state index contributed by atoms with van der Waals surface area (Å²) in [6, 6.07) is 17.7. The van der Waals surface area contributed by atoms with Crippen LogP contribution < -0.4 is 5.32 Å². The van der Waals surface area contributed by atoms with Crippen molar-refractivity contribution < 1.29 is 4.79 Å². The highest BCUT2D eigenvalue weighted by atomic mass is 16.1. The largest absolute Gasteiger partial charge is 0.352 e. The summed E-state index contributed by atoms with van der Waals surface area (Å²) in [7, 11) is 0. The Labute approximate surface area is 161 Å². The summed E-state index contributed by atoms with van der Waals surface area (Å²) in [6.07, 6.45) is 4.91. The number of hydrogen-bond acceptors (Lipinski definition) is 3. The molecule has 2 aromatic rings. The molecule has 27 heavy (non-hydrogen) atoms. The van der Waals surface area contributed by atoms with E-state index in [9.17, 15) is 4.79 Å². The van der Waals surface area contributed by atoms with E-state index >= 15 is 0 Å². The molecule has 1 amide bonds. The van der Waals surface area contributed by atoms with Crippen molar-refractivity contribution in [3.8, 4) is 17.2 Å². The van der Waals surface area contributed by atoms with Crippen molar-refractivity contribution in [2.45, 2.75) is 38.6 Å². The first-order chi connectivity index (χ1) is 13.2. The SMILES string of the molecule is CC(CCNC(=O)c1ccc(-c2ccc(C#N)cc2)cc1)N1CCCCC1. The van der Waals surface area contributed by atoms with Gasteiger partial charge in [0, 0.05) is 18.2 Å². The molecule has 0 bridgehead atoms. The first-order valence-corrected chi connectivity index (χ1v) is 9.80. The molecule has 0 aromatic heterocycles. The van der Waals surface area contributed by atoms with Gasteiger partial charge >= 0.3 is 0 Å². The number of rotatable bonds is 6. The number of likely N-dealkylation sites (tertiary alicyclic amines) is 1. The van der Waals surface area contributed by atoms with Crippen LogP contribution in [0.4, 0.5) is 0 Å². The van der Waals surface area contributed by atoms with Crippen molar-refractivity contribution >= 4 is 5.91 Å². The Kier molecular flexibility index (Phi) is 6.62. The van der Waals surface area contributed by atoms with Crippen LogP contribution in [0, 0.1) is 11.3 Å². The molecule has 1 aliphatic rings. The van der Waals surface area contributed by atoms with Gasteiger partial charge < -0.3 is 10.2 Å². The summed E-state index contributed by atoms with van der Waals surface area (Å²) in [4.78, 5) is 14.9. The summed E-state index contributed by atoms with van der Waals surface area (Å²) in [5, 5.41) is 11.9. The van der Waals surface area contributed by atoms with Crippen LogP contribution in [0.3, 0.4) is 0 Å². The van der Waals surface area contributed by atoms with Gasteiger partial charge in [0.15, 0.2) is 0 Å². The minimum Gasteiger partial charge on any atom is -0.352 e. The van der Waals surface area contributed by atoms with Crippen molar-refractivity contribution in [2.24, 2.45) is 0 Å². The monoisotopic (exact) mass is 361 g/mol. The molecule has 4 heteroatoms. The maximum Gasteiger partial charge on any atom is 0.251 e. The first kappa shape index (κ1) is 19.1. The lowest BCUT2D eigenvalue weighted by atomic mass is 10.0. The number of nitrogens with one attached hydrogen (secondary N) is 1. The topological polar surface area (TPSA) is 56.1 Å². The number of benzene rings is 2. The van der Waals surface area contributed by atoms with Gasteiger partial charge in [-0.05, 0) is 74.7 Å². The molecule has 4 nitrogen and oxygen atoms in total. The molecule has 3 rings (SSSR count). The highest BCUT2D eigenvalue weighted by Crippen LogP contribution is 2.20. The van der Waals surface area contributed by atoms with Crippen LogP contribution in [-0.4, -0.2) is 36.5 Å². The molecule has 0 spiro atoms. The Balaban J connectivity index is 1.50. The van der Waals surface area contributed by atoms with E-state index in [-0.39, 0.29) is 5.91 Å². The van der Waals surface area contributed by atoms with Gasteiger partial charge in [-0.15, -0.1) is 0 Å². The number of amides is 1. The maximum absolute atomic E-state index is 12.4. The van der Waals surface area contributed by atoms with Crippen molar-refractivity contribution in [2.75, 3.05) is 19.6 Å². The Hall–Kier alpha value is -2.64. The number of nitrogens with zero attached hydrogens (tertiary/aromatic N) is 2. The minimum absolute atomic E-state index is 0.0211.